The summed E-state index contributed by atoms with van der Waals surface area (Å²) in [6, 6.07) is 68.3. The molecule has 10 aromatic rings. The molecule has 2 aliphatic rings. The lowest BCUT2D eigenvalue weighted by molar-refractivity contribution is 0.687. The number of hydrogen-bond acceptors (Lipinski definition) is 0. The molecule has 53 heavy (non-hydrogen) atoms. The molecule has 0 radical (unpaired) electrons. The molecule has 0 saturated carbocycles. The van der Waals surface area contributed by atoms with E-state index in [0.29, 0.717) is 0 Å². The first-order chi connectivity index (χ1) is 26.2. The van der Waals surface area contributed by atoms with E-state index in [2.05, 4.69) is 197 Å². The van der Waals surface area contributed by atoms with Gasteiger partial charge in [-0.2, -0.15) is 0 Å². The number of hydrogen-bond donors (Lipinski definition) is 0. The molecule has 0 N–H and O–H groups in total. The van der Waals surface area contributed by atoms with E-state index in [0.717, 1.165) is 0 Å². The number of para-hydroxylation sites is 5. The minimum atomic E-state index is -0.491. The SMILES string of the molecule is C[S+]1c2ccccc2C2(c3ccccc3-n3c4ccccc4c4cccc2c43)c2cc(-c3ccc4c(c3)c3ccccc3n4-c3ccccc3)ccc21. The van der Waals surface area contributed by atoms with Gasteiger partial charge in [0.1, 0.15) is 6.26 Å². The summed E-state index contributed by atoms with van der Waals surface area (Å²) in [7, 11) is -0.100. The summed E-state index contributed by atoms with van der Waals surface area (Å²) in [5, 5.41) is 5.15. The fourth-order valence-corrected chi connectivity index (χ4v) is 11.8. The van der Waals surface area contributed by atoms with Crippen LogP contribution in [0.4, 0.5) is 0 Å². The number of aromatic nitrogens is 2. The molecule has 0 aliphatic carbocycles. The van der Waals surface area contributed by atoms with E-state index >= 15 is 0 Å². The van der Waals surface area contributed by atoms with Gasteiger partial charge in [-0.3, -0.25) is 0 Å². The Morgan fingerprint density at radius 1 is 0.396 bits per heavy atom. The van der Waals surface area contributed by atoms with Crippen molar-refractivity contribution in [1.29, 1.82) is 0 Å². The minimum Gasteiger partial charge on any atom is -0.309 e. The molecule has 0 amide bonds. The number of fused-ring (bicyclic) bond motifs is 14. The van der Waals surface area contributed by atoms with Crippen LogP contribution in [0.25, 0.3) is 66.1 Å². The van der Waals surface area contributed by atoms with Gasteiger partial charge in [-0.1, -0.05) is 115 Å². The smallest absolute Gasteiger partial charge is 0.165 e. The van der Waals surface area contributed by atoms with Crippen LogP contribution >= 0.6 is 0 Å². The molecule has 248 valence electrons. The third kappa shape index (κ3) is 3.70. The van der Waals surface area contributed by atoms with E-state index in [1.807, 2.05) is 0 Å². The van der Waals surface area contributed by atoms with Gasteiger partial charge in [0.2, 0.25) is 0 Å². The highest BCUT2D eigenvalue weighted by Gasteiger charge is 2.54. The summed E-state index contributed by atoms with van der Waals surface area (Å²) in [4.78, 5) is 2.85. The van der Waals surface area contributed by atoms with Crippen LogP contribution in [0.2, 0.25) is 0 Å². The standard InChI is InChI=1S/C50H33N2S/c1-53-47-25-12-8-20-40(47)50(39-19-7-11-24-46(39)52-44-23-10-5-16-35(44)37-18-13-21-41(50)49(37)52)42-31-33(27-29-48(42)53)32-26-28-45-38(30-32)36-17-6-9-22-43(36)51(45)34-14-3-2-4-15-34/h2-31H,1H3/q+1. The fraction of sp³-hybridized carbons (Fsp3) is 0.0400. The van der Waals surface area contributed by atoms with Crippen LogP contribution in [0.1, 0.15) is 22.3 Å². The summed E-state index contributed by atoms with van der Waals surface area (Å²) in [6.07, 6.45) is 2.42. The van der Waals surface area contributed by atoms with E-state index in [4.69, 9.17) is 0 Å². The van der Waals surface area contributed by atoms with Crippen molar-refractivity contribution in [2.75, 3.05) is 6.26 Å². The predicted molar refractivity (Wildman–Crippen MR) is 222 cm³/mol. The van der Waals surface area contributed by atoms with Crippen LogP contribution in [0, 0.1) is 0 Å². The highest BCUT2D eigenvalue weighted by Crippen LogP contribution is 2.59. The molecular weight excluding hydrogens is 661 g/mol. The maximum Gasteiger partial charge on any atom is 0.165 e. The van der Waals surface area contributed by atoms with Crippen LogP contribution in [0.5, 0.6) is 0 Å². The predicted octanol–water partition coefficient (Wildman–Crippen LogP) is 12.2. The number of rotatable bonds is 2. The monoisotopic (exact) mass is 693 g/mol. The Kier molecular flexibility index (Phi) is 5.88. The Morgan fingerprint density at radius 3 is 1.83 bits per heavy atom. The fourth-order valence-electron chi connectivity index (χ4n) is 9.87. The van der Waals surface area contributed by atoms with Gasteiger partial charge in [0.15, 0.2) is 9.79 Å². The van der Waals surface area contributed by atoms with Gasteiger partial charge in [-0.25, -0.2) is 0 Å². The highest BCUT2D eigenvalue weighted by molar-refractivity contribution is 7.96. The summed E-state index contributed by atoms with van der Waals surface area (Å²) >= 11 is 0. The molecule has 1 spiro atoms. The minimum absolute atomic E-state index is 0.100. The first kappa shape index (κ1) is 29.3. The Morgan fingerprint density at radius 2 is 0.981 bits per heavy atom. The van der Waals surface area contributed by atoms with Gasteiger partial charge < -0.3 is 9.13 Å². The second-order valence-corrected chi connectivity index (χ2v) is 16.4. The number of nitrogens with zero attached hydrogens (tertiary/aromatic N) is 2. The molecule has 0 saturated heterocycles. The first-order valence-electron chi connectivity index (χ1n) is 18.3. The normalized spacial score (nSPS) is 17.0. The lowest BCUT2D eigenvalue weighted by Gasteiger charge is -2.44. The Hall–Kier alpha value is -6.29. The van der Waals surface area contributed by atoms with Gasteiger partial charge in [-0.05, 0) is 89.0 Å². The summed E-state index contributed by atoms with van der Waals surface area (Å²) in [6.45, 7) is 0. The van der Waals surface area contributed by atoms with Crippen molar-refractivity contribution in [3.63, 3.8) is 0 Å². The molecule has 2 nitrogen and oxygen atoms in total. The molecule has 4 heterocycles. The summed E-state index contributed by atoms with van der Waals surface area (Å²) < 4.78 is 4.93. The Labute approximate surface area is 310 Å². The molecule has 2 aliphatic heterocycles. The van der Waals surface area contributed by atoms with Gasteiger partial charge in [0.25, 0.3) is 0 Å². The van der Waals surface area contributed by atoms with Crippen LogP contribution in [0.3, 0.4) is 0 Å². The van der Waals surface area contributed by atoms with Crippen molar-refractivity contribution >= 4 is 54.5 Å². The average molecular weight is 694 g/mol. The van der Waals surface area contributed by atoms with Gasteiger partial charge >= 0.3 is 0 Å². The Bertz CT molecular complexity index is 3150. The molecule has 0 fully saturated rings. The zero-order chi connectivity index (χ0) is 34.8. The van der Waals surface area contributed by atoms with E-state index < -0.39 is 5.41 Å². The maximum atomic E-state index is 2.54. The van der Waals surface area contributed by atoms with E-state index in [1.54, 1.807) is 0 Å². The molecule has 2 atom stereocenters. The van der Waals surface area contributed by atoms with E-state index in [1.165, 1.54) is 98.2 Å². The summed E-state index contributed by atoms with van der Waals surface area (Å²) in [5.74, 6) is 0. The van der Waals surface area contributed by atoms with Crippen molar-refractivity contribution in [1.82, 2.24) is 9.13 Å². The largest absolute Gasteiger partial charge is 0.309 e. The van der Waals surface area contributed by atoms with Crippen molar-refractivity contribution < 1.29 is 0 Å². The molecule has 8 aromatic carbocycles. The third-order valence-electron chi connectivity index (χ3n) is 12.0. The lowest BCUT2D eigenvalue weighted by atomic mass is 9.62. The van der Waals surface area contributed by atoms with E-state index in [9.17, 15) is 0 Å². The highest BCUT2D eigenvalue weighted by atomic mass is 32.2. The van der Waals surface area contributed by atoms with Crippen molar-refractivity contribution in [2.45, 2.75) is 15.2 Å². The quantitative estimate of drug-likeness (QED) is 0.160. The van der Waals surface area contributed by atoms with Crippen molar-refractivity contribution in [3.8, 4) is 22.5 Å². The molecule has 2 unspecified atom stereocenters. The topological polar surface area (TPSA) is 9.86 Å². The van der Waals surface area contributed by atoms with Crippen molar-refractivity contribution in [3.05, 3.63) is 204 Å². The van der Waals surface area contributed by atoms with Gasteiger partial charge in [-0.15, -0.1) is 0 Å². The maximum absolute atomic E-state index is 2.54. The molecule has 3 heteroatoms. The van der Waals surface area contributed by atoms with Crippen LogP contribution in [0.15, 0.2) is 192 Å². The number of benzene rings is 8. The molecule has 0 bridgehead atoms. The first-order valence-corrected chi connectivity index (χ1v) is 20.0. The van der Waals surface area contributed by atoms with Crippen molar-refractivity contribution in [2.24, 2.45) is 0 Å². The van der Waals surface area contributed by atoms with Gasteiger partial charge in [0.05, 0.1) is 44.1 Å². The second-order valence-electron chi connectivity index (χ2n) is 14.5. The van der Waals surface area contributed by atoms with Crippen LogP contribution in [-0.4, -0.2) is 15.4 Å². The zero-order valence-corrected chi connectivity index (χ0v) is 29.9. The molecule has 12 rings (SSSR count). The van der Waals surface area contributed by atoms with Gasteiger partial charge in [0, 0.05) is 38.4 Å². The van der Waals surface area contributed by atoms with Crippen LogP contribution < -0.4 is 0 Å². The second kappa shape index (κ2) is 10.6. The lowest BCUT2D eigenvalue weighted by Crippen LogP contribution is -2.40. The average Bonchev–Trinajstić information content (AvgIpc) is 3.75. The zero-order valence-electron chi connectivity index (χ0n) is 29.1. The Balaban J connectivity index is 1.18. The molecular formula is C50H33N2S+. The van der Waals surface area contributed by atoms with E-state index in [-0.39, 0.29) is 10.9 Å². The molecule has 2 aromatic heterocycles. The summed E-state index contributed by atoms with van der Waals surface area (Å²) in [5.41, 5.74) is 14.9. The van der Waals surface area contributed by atoms with Crippen LogP contribution in [-0.2, 0) is 16.3 Å². The third-order valence-corrected chi connectivity index (χ3v) is 14.0.